The molecule has 1 fully saturated rings. The monoisotopic (exact) mass is 398 g/mol. The van der Waals surface area contributed by atoms with E-state index in [9.17, 15) is 4.79 Å². The van der Waals surface area contributed by atoms with E-state index in [1.165, 1.54) is 11.1 Å². The summed E-state index contributed by atoms with van der Waals surface area (Å²) in [6.07, 6.45) is 0.895. The van der Waals surface area contributed by atoms with E-state index in [-0.39, 0.29) is 5.91 Å². The van der Waals surface area contributed by atoms with Crippen LogP contribution in [0.3, 0.4) is 0 Å². The van der Waals surface area contributed by atoms with Crippen LogP contribution in [0.25, 0.3) is 11.3 Å². The first kappa shape index (κ1) is 19.9. The number of aromatic nitrogens is 2. The first-order valence-corrected chi connectivity index (χ1v) is 10.4. The Morgan fingerprint density at radius 3 is 2.50 bits per heavy atom. The lowest BCUT2D eigenvalue weighted by Gasteiger charge is -2.40. The SMILES string of the molecule is CCc1c(C)n[nH]c1-c1cc(C(=O)N2CC(c3ccc(C#N)cc3)C2)c(C)cc1C. The third-order valence-corrected chi connectivity index (χ3v) is 6.18. The number of H-pyrrole nitrogens is 1. The minimum absolute atomic E-state index is 0.0768. The molecule has 4 rings (SSSR count). The number of likely N-dealkylation sites (tertiary alicyclic amines) is 1. The number of aromatic amines is 1. The second-order valence-electron chi connectivity index (χ2n) is 8.14. The van der Waals surface area contributed by atoms with E-state index in [2.05, 4.69) is 36.2 Å². The molecule has 5 nitrogen and oxygen atoms in total. The third-order valence-electron chi connectivity index (χ3n) is 6.18. The molecule has 0 unspecified atom stereocenters. The van der Waals surface area contributed by atoms with E-state index in [4.69, 9.17) is 5.26 Å². The van der Waals surface area contributed by atoms with E-state index in [0.29, 0.717) is 24.6 Å². The highest BCUT2D eigenvalue weighted by molar-refractivity contribution is 5.98. The maximum absolute atomic E-state index is 13.2. The van der Waals surface area contributed by atoms with Crippen LogP contribution in [0.15, 0.2) is 36.4 Å². The van der Waals surface area contributed by atoms with Crippen molar-refractivity contribution in [3.8, 4) is 17.3 Å². The number of nitriles is 1. The van der Waals surface area contributed by atoms with Gasteiger partial charge in [0.2, 0.25) is 0 Å². The Bertz CT molecular complexity index is 1150. The summed E-state index contributed by atoms with van der Waals surface area (Å²) in [5.41, 5.74) is 9.00. The molecule has 3 aromatic rings. The van der Waals surface area contributed by atoms with Crippen LogP contribution in [-0.4, -0.2) is 34.1 Å². The maximum atomic E-state index is 13.2. The molecule has 0 radical (unpaired) electrons. The van der Waals surface area contributed by atoms with Crippen molar-refractivity contribution < 1.29 is 4.79 Å². The Morgan fingerprint density at radius 1 is 1.17 bits per heavy atom. The van der Waals surface area contributed by atoms with Crippen LogP contribution in [0.5, 0.6) is 0 Å². The van der Waals surface area contributed by atoms with Gasteiger partial charge in [-0.1, -0.05) is 25.1 Å². The molecule has 1 aliphatic heterocycles. The van der Waals surface area contributed by atoms with Gasteiger partial charge in [-0.2, -0.15) is 10.4 Å². The second kappa shape index (κ2) is 7.79. The molecule has 1 amide bonds. The van der Waals surface area contributed by atoms with E-state index in [1.54, 1.807) is 0 Å². The van der Waals surface area contributed by atoms with Gasteiger partial charge < -0.3 is 4.90 Å². The van der Waals surface area contributed by atoms with Crippen molar-refractivity contribution >= 4 is 5.91 Å². The van der Waals surface area contributed by atoms with Crippen molar-refractivity contribution in [2.45, 2.75) is 40.0 Å². The number of benzene rings is 2. The zero-order valence-electron chi connectivity index (χ0n) is 17.9. The summed E-state index contributed by atoms with van der Waals surface area (Å²) in [5, 5.41) is 16.5. The molecule has 1 N–H and O–H groups in total. The van der Waals surface area contributed by atoms with Gasteiger partial charge >= 0.3 is 0 Å². The Kier molecular flexibility index (Phi) is 5.17. The Morgan fingerprint density at radius 2 is 1.87 bits per heavy atom. The molecule has 0 spiro atoms. The molecule has 30 heavy (non-hydrogen) atoms. The number of amides is 1. The highest BCUT2D eigenvalue weighted by Gasteiger charge is 2.33. The maximum Gasteiger partial charge on any atom is 0.254 e. The number of aryl methyl sites for hydroxylation is 3. The van der Waals surface area contributed by atoms with Gasteiger partial charge in [0.05, 0.1) is 23.0 Å². The van der Waals surface area contributed by atoms with Crippen LogP contribution in [0, 0.1) is 32.1 Å². The zero-order valence-corrected chi connectivity index (χ0v) is 17.9. The van der Waals surface area contributed by atoms with E-state index in [1.807, 2.05) is 49.1 Å². The summed E-state index contributed by atoms with van der Waals surface area (Å²) >= 11 is 0. The molecule has 152 valence electrons. The summed E-state index contributed by atoms with van der Waals surface area (Å²) in [5.74, 6) is 0.404. The average molecular weight is 399 g/mol. The first-order valence-electron chi connectivity index (χ1n) is 10.4. The summed E-state index contributed by atoms with van der Waals surface area (Å²) < 4.78 is 0. The van der Waals surface area contributed by atoms with Gasteiger partial charge in [-0.25, -0.2) is 0 Å². The molecule has 1 saturated heterocycles. The molecule has 2 heterocycles. The number of rotatable bonds is 4. The van der Waals surface area contributed by atoms with Crippen LogP contribution in [-0.2, 0) is 6.42 Å². The number of carbonyl (C=O) groups excluding carboxylic acids is 1. The lowest BCUT2D eigenvalue weighted by Crippen LogP contribution is -2.48. The van der Waals surface area contributed by atoms with Gasteiger partial charge in [-0.05, 0) is 62.1 Å². The van der Waals surface area contributed by atoms with Gasteiger partial charge in [-0.3, -0.25) is 9.89 Å². The molecule has 1 aliphatic rings. The van der Waals surface area contributed by atoms with Gasteiger partial charge in [0, 0.05) is 35.7 Å². The molecular formula is C25H26N4O. The largest absolute Gasteiger partial charge is 0.337 e. The van der Waals surface area contributed by atoms with Gasteiger partial charge in [-0.15, -0.1) is 0 Å². The number of carbonyl (C=O) groups is 1. The minimum atomic E-state index is 0.0768. The number of hydrogen-bond acceptors (Lipinski definition) is 3. The smallest absolute Gasteiger partial charge is 0.254 e. The zero-order chi connectivity index (χ0) is 21.4. The molecule has 0 saturated carbocycles. The molecule has 0 bridgehead atoms. The second-order valence-corrected chi connectivity index (χ2v) is 8.14. The molecule has 0 atom stereocenters. The topological polar surface area (TPSA) is 72.8 Å². The molecule has 1 aromatic heterocycles. The van der Waals surface area contributed by atoms with Crippen molar-refractivity contribution in [3.05, 3.63) is 75.5 Å². The first-order chi connectivity index (χ1) is 14.4. The molecule has 0 aliphatic carbocycles. The van der Waals surface area contributed by atoms with Crippen LogP contribution in [0.4, 0.5) is 0 Å². The molecular weight excluding hydrogens is 372 g/mol. The number of hydrogen-bond donors (Lipinski definition) is 1. The lowest BCUT2D eigenvalue weighted by atomic mass is 9.89. The average Bonchev–Trinajstić information content (AvgIpc) is 3.07. The normalized spacial score (nSPS) is 13.8. The van der Waals surface area contributed by atoms with E-state index in [0.717, 1.165) is 40.1 Å². The third kappa shape index (κ3) is 3.39. The van der Waals surface area contributed by atoms with Crippen LogP contribution in [0.1, 0.15) is 56.7 Å². The summed E-state index contributed by atoms with van der Waals surface area (Å²) in [7, 11) is 0. The van der Waals surface area contributed by atoms with Crippen molar-refractivity contribution in [2.24, 2.45) is 0 Å². The standard InChI is InChI=1S/C25H26N4O/c1-5-21-17(4)27-28-24(21)22-11-23(16(3)10-15(22)2)25(30)29-13-20(14-29)19-8-6-18(12-26)7-9-19/h6-11,20H,5,13-14H2,1-4H3,(H,27,28). The lowest BCUT2D eigenvalue weighted by molar-refractivity contribution is 0.0601. The van der Waals surface area contributed by atoms with E-state index < -0.39 is 0 Å². The van der Waals surface area contributed by atoms with E-state index >= 15 is 0 Å². The summed E-state index contributed by atoms with van der Waals surface area (Å²) in [4.78, 5) is 15.1. The summed E-state index contributed by atoms with van der Waals surface area (Å²) in [6.45, 7) is 9.63. The van der Waals surface area contributed by atoms with Crippen molar-refractivity contribution in [2.75, 3.05) is 13.1 Å². The highest BCUT2D eigenvalue weighted by atomic mass is 16.2. The van der Waals surface area contributed by atoms with Crippen molar-refractivity contribution in [3.63, 3.8) is 0 Å². The quantitative estimate of drug-likeness (QED) is 0.694. The fraction of sp³-hybridized carbons (Fsp3) is 0.320. The number of nitrogens with one attached hydrogen (secondary N) is 1. The highest BCUT2D eigenvalue weighted by Crippen LogP contribution is 2.33. The number of nitrogens with zero attached hydrogens (tertiary/aromatic N) is 3. The van der Waals surface area contributed by atoms with Crippen molar-refractivity contribution in [1.29, 1.82) is 5.26 Å². The Labute approximate surface area is 177 Å². The fourth-order valence-electron chi connectivity index (χ4n) is 4.32. The molecule has 5 heteroatoms. The summed E-state index contributed by atoms with van der Waals surface area (Å²) in [6, 6.07) is 13.9. The van der Waals surface area contributed by atoms with Gasteiger partial charge in [0.25, 0.3) is 5.91 Å². The van der Waals surface area contributed by atoms with Crippen LogP contribution >= 0.6 is 0 Å². The van der Waals surface area contributed by atoms with Crippen molar-refractivity contribution in [1.82, 2.24) is 15.1 Å². The van der Waals surface area contributed by atoms with Gasteiger partial charge in [0.15, 0.2) is 0 Å². The molecule has 2 aromatic carbocycles. The van der Waals surface area contributed by atoms with Crippen LogP contribution < -0.4 is 0 Å². The Balaban J connectivity index is 1.57. The predicted octanol–water partition coefficient (Wildman–Crippen LogP) is 4.68. The fourth-order valence-corrected chi connectivity index (χ4v) is 4.32. The Hall–Kier alpha value is -3.39. The van der Waals surface area contributed by atoms with Gasteiger partial charge in [0.1, 0.15) is 0 Å². The van der Waals surface area contributed by atoms with Crippen LogP contribution in [0.2, 0.25) is 0 Å². The predicted molar refractivity (Wildman–Crippen MR) is 117 cm³/mol. The minimum Gasteiger partial charge on any atom is -0.337 e.